The van der Waals surface area contributed by atoms with E-state index in [1.807, 2.05) is 0 Å². The highest BCUT2D eigenvalue weighted by Crippen LogP contribution is 2.33. The molecule has 304 valence electrons. The standard InChI is InChI=1S/C28H48O24/c29-1-6-11(31)17(37)22(42)26(48-6)45-4-9-14(34)18(38)23(28(51-9)46-3-8-13(33)16(36)19(39)24(43)47-8)52-27-21(41)15(35)10(50-27)5-44-25-20(40)12(32)7(2-30)49-25/h6-43H,1-5H2/t6-,7+,8-,9-,10+,11+,12+,13+,14+,15+,16+,17+,18+,19-,20-,21-,22-,23-,24+,25-,26-,27+,28-/m1/s1. The molecule has 23 atom stereocenters. The summed E-state index contributed by atoms with van der Waals surface area (Å²) < 4.78 is 49.1. The maximum atomic E-state index is 11.2. The monoisotopic (exact) mass is 768 g/mol. The number of aliphatic hydroxyl groups excluding tert-OH is 15. The highest BCUT2D eigenvalue weighted by atomic mass is 16.8. The smallest absolute Gasteiger partial charge is 0.187 e. The molecule has 24 nitrogen and oxygen atoms in total. The minimum absolute atomic E-state index is 0.554. The van der Waals surface area contributed by atoms with Crippen molar-refractivity contribution in [1.82, 2.24) is 0 Å². The van der Waals surface area contributed by atoms with Crippen molar-refractivity contribution in [3.8, 4) is 0 Å². The van der Waals surface area contributed by atoms with E-state index in [1.165, 1.54) is 0 Å². The first-order valence-electron chi connectivity index (χ1n) is 16.4. The van der Waals surface area contributed by atoms with Crippen LogP contribution in [0.25, 0.3) is 0 Å². The topological polar surface area (TPSA) is 387 Å². The van der Waals surface area contributed by atoms with Crippen LogP contribution >= 0.6 is 0 Å². The molecule has 0 aliphatic carbocycles. The number of aliphatic hydroxyl groups is 15. The van der Waals surface area contributed by atoms with Crippen molar-refractivity contribution >= 4 is 0 Å². The fourth-order valence-corrected chi connectivity index (χ4v) is 6.29. The quantitative estimate of drug-likeness (QED) is 0.0827. The van der Waals surface area contributed by atoms with Gasteiger partial charge in [0.15, 0.2) is 31.5 Å². The first-order valence-corrected chi connectivity index (χ1v) is 16.4. The lowest BCUT2D eigenvalue weighted by molar-refractivity contribution is -0.358. The molecule has 15 N–H and O–H groups in total. The van der Waals surface area contributed by atoms with Gasteiger partial charge in [0.1, 0.15) is 110 Å². The molecule has 0 spiro atoms. The number of rotatable bonds is 13. The Kier molecular flexibility index (Phi) is 14.5. The van der Waals surface area contributed by atoms with Gasteiger partial charge in [0.25, 0.3) is 0 Å². The van der Waals surface area contributed by atoms with Gasteiger partial charge in [0.05, 0.1) is 33.0 Å². The van der Waals surface area contributed by atoms with E-state index in [9.17, 15) is 76.6 Å². The highest BCUT2D eigenvalue weighted by molar-refractivity contribution is 4.96. The van der Waals surface area contributed by atoms with Gasteiger partial charge in [-0.3, -0.25) is 0 Å². The second-order valence-corrected chi connectivity index (χ2v) is 13.1. The molecule has 5 aliphatic rings. The summed E-state index contributed by atoms with van der Waals surface area (Å²) in [6, 6.07) is 0. The van der Waals surface area contributed by atoms with Crippen molar-refractivity contribution < 1.29 is 119 Å². The average Bonchev–Trinajstić information content (AvgIpc) is 3.56. The molecule has 5 rings (SSSR count). The minimum Gasteiger partial charge on any atom is -0.394 e. The van der Waals surface area contributed by atoms with Crippen LogP contribution < -0.4 is 0 Å². The summed E-state index contributed by atoms with van der Waals surface area (Å²) >= 11 is 0. The zero-order valence-electron chi connectivity index (χ0n) is 27.2. The number of ether oxygens (including phenoxy) is 9. The molecule has 0 aromatic rings. The first kappa shape index (κ1) is 42.2. The molecule has 0 aromatic heterocycles. The van der Waals surface area contributed by atoms with Crippen molar-refractivity contribution in [1.29, 1.82) is 0 Å². The van der Waals surface area contributed by atoms with E-state index >= 15 is 0 Å². The zero-order chi connectivity index (χ0) is 38.2. The highest BCUT2D eigenvalue weighted by Gasteiger charge is 2.53. The van der Waals surface area contributed by atoms with Crippen LogP contribution in [-0.2, 0) is 42.6 Å². The Hall–Kier alpha value is -0.960. The third-order valence-corrected chi connectivity index (χ3v) is 9.56. The summed E-state index contributed by atoms with van der Waals surface area (Å²) in [5, 5.41) is 153. The molecule has 5 saturated heterocycles. The van der Waals surface area contributed by atoms with Crippen molar-refractivity contribution in [2.75, 3.05) is 33.0 Å². The van der Waals surface area contributed by atoms with E-state index in [1.54, 1.807) is 0 Å². The van der Waals surface area contributed by atoms with Crippen LogP contribution in [0, 0.1) is 0 Å². The van der Waals surface area contributed by atoms with Crippen LogP contribution in [0.4, 0.5) is 0 Å². The Morgan fingerprint density at radius 1 is 0.327 bits per heavy atom. The van der Waals surface area contributed by atoms with Crippen molar-refractivity contribution in [3.05, 3.63) is 0 Å². The molecule has 0 radical (unpaired) electrons. The Balaban J connectivity index is 1.26. The minimum atomic E-state index is -1.99. The number of hydrogen-bond acceptors (Lipinski definition) is 24. The lowest BCUT2D eigenvalue weighted by Crippen LogP contribution is -2.63. The third-order valence-electron chi connectivity index (χ3n) is 9.56. The zero-order valence-corrected chi connectivity index (χ0v) is 27.2. The molecule has 24 heteroatoms. The van der Waals surface area contributed by atoms with E-state index in [0.717, 1.165) is 0 Å². The van der Waals surface area contributed by atoms with Crippen molar-refractivity contribution in [2.45, 2.75) is 141 Å². The fraction of sp³-hybridized carbons (Fsp3) is 1.00. The summed E-state index contributed by atoms with van der Waals surface area (Å²) in [6.45, 7) is -3.39. The molecule has 5 aliphatic heterocycles. The molecule has 0 unspecified atom stereocenters. The molecular weight excluding hydrogens is 720 g/mol. The van der Waals surface area contributed by atoms with E-state index in [4.69, 9.17) is 42.6 Å². The summed E-state index contributed by atoms with van der Waals surface area (Å²) in [5.41, 5.74) is 0. The molecule has 0 bridgehead atoms. The Morgan fingerprint density at radius 2 is 0.673 bits per heavy atom. The fourth-order valence-electron chi connectivity index (χ4n) is 6.29. The van der Waals surface area contributed by atoms with Gasteiger partial charge in [-0.1, -0.05) is 0 Å². The third kappa shape index (κ3) is 8.70. The molecule has 5 fully saturated rings. The van der Waals surface area contributed by atoms with E-state index in [2.05, 4.69) is 0 Å². The summed E-state index contributed by atoms with van der Waals surface area (Å²) in [5.74, 6) is 0. The number of hydrogen-bond donors (Lipinski definition) is 15. The van der Waals surface area contributed by atoms with E-state index in [0.29, 0.717) is 0 Å². The maximum Gasteiger partial charge on any atom is 0.187 e. The SMILES string of the molecule is OC[C@@H]1O[C@@H](OC[C@@H]2O[C@@H](O[C@H]3[C@H](OC[C@H]4O[C@H](O)[C@H](O)[C@@H](O)[C@H]4O)O[C@H](CO[C@@H]4O[C@H](CO)[C@H](O)[C@H](O)[C@H]4O)[C@H](O)[C@@H]3O)[C@H](O)[C@H]2O)[C@H](O)[C@H]1O. The Morgan fingerprint density at radius 3 is 1.21 bits per heavy atom. The molecule has 0 saturated carbocycles. The van der Waals surface area contributed by atoms with Crippen LogP contribution in [-0.4, -0.2) is 251 Å². The second-order valence-electron chi connectivity index (χ2n) is 13.1. The molecule has 5 heterocycles. The van der Waals surface area contributed by atoms with Gasteiger partial charge >= 0.3 is 0 Å². The van der Waals surface area contributed by atoms with Gasteiger partial charge in [0.2, 0.25) is 0 Å². The van der Waals surface area contributed by atoms with Crippen LogP contribution in [0.5, 0.6) is 0 Å². The predicted octanol–water partition coefficient (Wildman–Crippen LogP) is -10.6. The van der Waals surface area contributed by atoms with Crippen LogP contribution in [0.3, 0.4) is 0 Å². The van der Waals surface area contributed by atoms with Crippen molar-refractivity contribution in [3.63, 3.8) is 0 Å². The van der Waals surface area contributed by atoms with Crippen LogP contribution in [0.1, 0.15) is 0 Å². The van der Waals surface area contributed by atoms with Gasteiger partial charge in [0, 0.05) is 0 Å². The second kappa shape index (κ2) is 17.9. The van der Waals surface area contributed by atoms with Crippen molar-refractivity contribution in [2.24, 2.45) is 0 Å². The lowest BCUT2D eigenvalue weighted by Gasteiger charge is -2.45. The summed E-state index contributed by atoms with van der Waals surface area (Å²) in [6.07, 6.45) is -38.8. The molecule has 52 heavy (non-hydrogen) atoms. The summed E-state index contributed by atoms with van der Waals surface area (Å²) in [7, 11) is 0. The molecular formula is C28H48O24. The normalized spacial score (nSPS) is 53.0. The van der Waals surface area contributed by atoms with Gasteiger partial charge in [-0.15, -0.1) is 0 Å². The van der Waals surface area contributed by atoms with Crippen LogP contribution in [0.2, 0.25) is 0 Å². The largest absolute Gasteiger partial charge is 0.394 e. The summed E-state index contributed by atoms with van der Waals surface area (Å²) in [4.78, 5) is 0. The predicted molar refractivity (Wildman–Crippen MR) is 155 cm³/mol. The van der Waals surface area contributed by atoms with Crippen LogP contribution in [0.15, 0.2) is 0 Å². The van der Waals surface area contributed by atoms with Gasteiger partial charge < -0.3 is 119 Å². The molecule has 0 aromatic carbocycles. The van der Waals surface area contributed by atoms with Gasteiger partial charge in [-0.25, -0.2) is 0 Å². The first-order chi connectivity index (χ1) is 24.6. The Bertz CT molecular complexity index is 1110. The van der Waals surface area contributed by atoms with Gasteiger partial charge in [-0.05, 0) is 0 Å². The maximum absolute atomic E-state index is 11.2. The van der Waals surface area contributed by atoms with E-state index in [-0.39, 0.29) is 0 Å². The lowest BCUT2D eigenvalue weighted by atomic mass is 9.97. The van der Waals surface area contributed by atoms with Gasteiger partial charge in [-0.2, -0.15) is 0 Å². The molecule has 0 amide bonds. The van der Waals surface area contributed by atoms with E-state index < -0.39 is 174 Å². The average molecular weight is 769 g/mol. The Labute approximate surface area is 293 Å².